The van der Waals surface area contributed by atoms with Crippen molar-refractivity contribution in [2.45, 2.75) is 4.21 Å². The second-order valence-corrected chi connectivity index (χ2v) is 8.60. The summed E-state index contributed by atoms with van der Waals surface area (Å²) >= 11 is 1.54. The first-order valence-electron chi connectivity index (χ1n) is 5.57. The molecule has 2 aromatic rings. The second-order valence-electron chi connectivity index (χ2n) is 4.25. The van der Waals surface area contributed by atoms with E-state index in [9.17, 15) is 29.4 Å². The molecular weight excluding hydrogens is 371 g/mol. The van der Waals surface area contributed by atoms with Crippen molar-refractivity contribution in [1.82, 2.24) is 0 Å². The number of nitrogens with zero attached hydrogens (tertiary/aromatic N) is 1. The predicted molar refractivity (Wildman–Crippen MR) is 76.8 cm³/mol. The molecule has 11 heteroatoms. The van der Waals surface area contributed by atoms with Gasteiger partial charge < -0.3 is 0 Å². The second kappa shape index (κ2) is 5.58. The first-order chi connectivity index (χ1) is 9.65. The van der Waals surface area contributed by atoms with Crippen LogP contribution in [-0.2, 0) is 17.8 Å². The summed E-state index contributed by atoms with van der Waals surface area (Å²) < 4.78 is 73.7. The quantitative estimate of drug-likeness (QED) is 0.389. The van der Waals surface area contributed by atoms with Gasteiger partial charge >= 0.3 is 33.0 Å². The Morgan fingerprint density at radius 2 is 1.50 bits per heavy atom. The molecule has 0 amide bonds. The van der Waals surface area contributed by atoms with E-state index in [0.717, 1.165) is 15.5 Å². The maximum absolute atomic E-state index is 11.6. The number of hydrogen-bond acceptors (Lipinski definition) is 2. The van der Waals surface area contributed by atoms with Crippen molar-refractivity contribution in [3.63, 3.8) is 0 Å². The number of thiazole rings is 1. The Morgan fingerprint density at radius 1 is 1.05 bits per heavy atom. The van der Waals surface area contributed by atoms with E-state index in [1.165, 1.54) is 0 Å². The van der Waals surface area contributed by atoms with Crippen molar-refractivity contribution in [3.8, 4) is 11.3 Å². The Balaban J connectivity index is 0.000000295. The van der Waals surface area contributed by atoms with Crippen LogP contribution in [-0.4, -0.2) is 10.5 Å². The van der Waals surface area contributed by atoms with Crippen LogP contribution in [0.1, 0.15) is 0 Å². The van der Waals surface area contributed by atoms with Crippen molar-refractivity contribution >= 4 is 29.9 Å². The van der Waals surface area contributed by atoms with Crippen molar-refractivity contribution in [2.24, 2.45) is 7.05 Å². The summed E-state index contributed by atoms with van der Waals surface area (Å²) in [6.45, 7) is 0. The Hall–Kier alpha value is -0.990. The van der Waals surface area contributed by atoms with Crippen LogP contribution >= 0.6 is 19.1 Å². The summed E-state index contributed by atoms with van der Waals surface area (Å²) in [5, 5.41) is 0. The van der Waals surface area contributed by atoms with Crippen LogP contribution in [0.25, 0.3) is 11.3 Å². The van der Waals surface area contributed by atoms with E-state index in [2.05, 4.69) is 0 Å². The molecule has 1 atom stereocenters. The van der Waals surface area contributed by atoms with Crippen LogP contribution in [0.3, 0.4) is 0 Å². The van der Waals surface area contributed by atoms with Crippen molar-refractivity contribution in [3.05, 3.63) is 35.8 Å². The summed E-state index contributed by atoms with van der Waals surface area (Å²) in [7, 11) is -9.60. The van der Waals surface area contributed by atoms with Crippen LogP contribution < -0.4 is 4.57 Å². The average Bonchev–Trinajstić information content (AvgIpc) is 2.68. The fourth-order valence-corrected chi connectivity index (χ4v) is 3.44. The van der Waals surface area contributed by atoms with E-state index >= 15 is 0 Å². The Morgan fingerprint density at radius 3 is 1.91 bits per heavy atom. The molecule has 1 unspecified atom stereocenters. The normalized spacial score (nSPS) is 16.0. The fourth-order valence-electron chi connectivity index (χ4n) is 1.50. The number of halogens is 6. The number of aromatic nitrogens is 1. The molecular formula is C11H12F6NOPS2. The van der Waals surface area contributed by atoms with Gasteiger partial charge in [-0.15, -0.1) is 0 Å². The van der Waals surface area contributed by atoms with Crippen molar-refractivity contribution in [2.75, 3.05) is 6.26 Å². The molecule has 1 aromatic carbocycles. The molecule has 0 aliphatic heterocycles. The minimum atomic E-state index is -10.7. The van der Waals surface area contributed by atoms with Gasteiger partial charge in [0.05, 0.1) is 10.8 Å². The maximum atomic E-state index is 11.6. The molecule has 126 valence electrons. The molecule has 0 radical (unpaired) electrons. The molecule has 1 heterocycles. The van der Waals surface area contributed by atoms with E-state index in [0.29, 0.717) is 0 Å². The van der Waals surface area contributed by atoms with Crippen LogP contribution in [0.4, 0.5) is 25.2 Å². The number of rotatable bonds is 2. The molecule has 0 saturated carbocycles. The molecule has 0 fully saturated rings. The van der Waals surface area contributed by atoms with E-state index in [-0.39, 0.29) is 0 Å². The molecule has 0 bridgehead atoms. The standard InChI is InChI=1S/C11H12NOS2.F6P/c1-12-8-14-11(15(2)13)10(12)9-6-4-3-5-7-9;1-7(2,3,4,5)6/h3-8H,1-2H3;/q+1;-1. The summed E-state index contributed by atoms with van der Waals surface area (Å²) in [4.78, 5) is 0. The molecule has 2 rings (SSSR count). The first-order valence-corrected chi connectivity index (χ1v) is 10.0. The number of aryl methyl sites for hydroxylation is 1. The van der Waals surface area contributed by atoms with Gasteiger partial charge in [-0.05, 0) is 12.1 Å². The molecule has 1 aromatic heterocycles. The third-order valence-electron chi connectivity index (χ3n) is 2.17. The van der Waals surface area contributed by atoms with Crippen molar-refractivity contribution < 1.29 is 34.0 Å². The van der Waals surface area contributed by atoms with Gasteiger partial charge in [0.15, 0.2) is 4.21 Å². The Bertz CT molecular complexity index is 672. The zero-order chi connectivity index (χ0) is 17.2. The van der Waals surface area contributed by atoms with Gasteiger partial charge in [0.1, 0.15) is 7.05 Å². The predicted octanol–water partition coefficient (Wildman–Crippen LogP) is 5.36. The van der Waals surface area contributed by atoms with E-state index in [1.54, 1.807) is 17.6 Å². The Kier molecular flexibility index (Phi) is 4.83. The van der Waals surface area contributed by atoms with Gasteiger partial charge in [-0.1, -0.05) is 29.5 Å². The summed E-state index contributed by atoms with van der Waals surface area (Å²) in [6.07, 6.45) is 1.72. The molecule has 0 aliphatic rings. The topological polar surface area (TPSA) is 20.9 Å². The molecule has 0 N–H and O–H groups in total. The Labute approximate surface area is 129 Å². The number of benzene rings is 1. The van der Waals surface area contributed by atoms with Crippen molar-refractivity contribution in [1.29, 1.82) is 0 Å². The summed E-state index contributed by atoms with van der Waals surface area (Å²) in [5.41, 5.74) is 4.16. The van der Waals surface area contributed by atoms with Gasteiger partial charge in [0, 0.05) is 11.8 Å². The van der Waals surface area contributed by atoms with Gasteiger partial charge in [-0.25, -0.2) is 0 Å². The van der Waals surface area contributed by atoms with E-state index in [1.807, 2.05) is 47.5 Å². The molecule has 22 heavy (non-hydrogen) atoms. The zero-order valence-electron chi connectivity index (χ0n) is 11.4. The van der Waals surface area contributed by atoms with Crippen LogP contribution in [0.15, 0.2) is 40.1 Å². The third kappa shape index (κ3) is 7.86. The van der Waals surface area contributed by atoms with Crippen LogP contribution in [0.5, 0.6) is 0 Å². The third-order valence-corrected chi connectivity index (χ3v) is 4.71. The van der Waals surface area contributed by atoms with Gasteiger partial charge in [0.25, 0.3) is 0 Å². The van der Waals surface area contributed by atoms with Crippen LogP contribution in [0.2, 0.25) is 0 Å². The zero-order valence-corrected chi connectivity index (χ0v) is 13.9. The van der Waals surface area contributed by atoms with Gasteiger partial charge in [-0.2, -0.15) is 4.57 Å². The minimum absolute atomic E-state index is 0.922. The molecule has 0 spiro atoms. The van der Waals surface area contributed by atoms with E-state index < -0.39 is 18.6 Å². The molecule has 0 saturated heterocycles. The summed E-state index contributed by atoms with van der Waals surface area (Å²) in [6, 6.07) is 10.1. The van der Waals surface area contributed by atoms with E-state index in [4.69, 9.17) is 0 Å². The fraction of sp³-hybridized carbons (Fsp3) is 0.182. The monoisotopic (exact) mass is 383 g/mol. The summed E-state index contributed by atoms with van der Waals surface area (Å²) in [5.74, 6) is 0. The number of hydrogen-bond donors (Lipinski definition) is 0. The van der Waals surface area contributed by atoms with Gasteiger partial charge in [-0.3, -0.25) is 4.21 Å². The molecule has 2 nitrogen and oxygen atoms in total. The SMILES string of the molecule is C[n+]1csc(S(C)=O)c1-c1ccccc1.F[P-](F)(F)(F)(F)F. The van der Waals surface area contributed by atoms with Crippen LogP contribution in [0, 0.1) is 0 Å². The molecule has 0 aliphatic carbocycles. The van der Waals surface area contributed by atoms with Gasteiger partial charge in [0.2, 0.25) is 11.2 Å². The first kappa shape index (κ1) is 19.1. The average molecular weight is 383 g/mol.